The molecule has 1 aromatic rings. The highest BCUT2D eigenvalue weighted by molar-refractivity contribution is 5.20. The fourth-order valence-corrected chi connectivity index (χ4v) is 1.59. The SMILES string of the molecule is Fc1c[c]c(OCCN2CCOCC2)cc1. The molecule has 0 amide bonds. The maximum Gasteiger partial charge on any atom is 0.127 e. The number of rotatable bonds is 4. The van der Waals surface area contributed by atoms with Crippen molar-refractivity contribution in [3.8, 4) is 5.75 Å². The molecular weight excluding hydrogens is 209 g/mol. The molecule has 1 radical (unpaired) electrons. The van der Waals surface area contributed by atoms with Gasteiger partial charge in [-0.3, -0.25) is 4.90 Å². The van der Waals surface area contributed by atoms with Crippen LogP contribution in [-0.4, -0.2) is 44.4 Å². The summed E-state index contributed by atoms with van der Waals surface area (Å²) in [5, 5.41) is 0. The van der Waals surface area contributed by atoms with E-state index in [2.05, 4.69) is 11.0 Å². The van der Waals surface area contributed by atoms with Crippen molar-refractivity contribution in [1.82, 2.24) is 4.90 Å². The van der Waals surface area contributed by atoms with Gasteiger partial charge >= 0.3 is 0 Å². The highest BCUT2D eigenvalue weighted by atomic mass is 19.1. The lowest BCUT2D eigenvalue weighted by Crippen LogP contribution is -2.38. The van der Waals surface area contributed by atoms with E-state index in [1.807, 2.05) is 0 Å². The Kier molecular flexibility index (Phi) is 4.13. The third kappa shape index (κ3) is 3.47. The number of benzene rings is 1. The lowest BCUT2D eigenvalue weighted by Gasteiger charge is -2.26. The van der Waals surface area contributed by atoms with Crippen LogP contribution < -0.4 is 4.74 Å². The van der Waals surface area contributed by atoms with Crippen LogP contribution >= 0.6 is 0 Å². The van der Waals surface area contributed by atoms with Gasteiger partial charge in [0.15, 0.2) is 0 Å². The molecule has 0 spiro atoms. The molecule has 0 atom stereocenters. The molecular formula is C12H15FNO2. The van der Waals surface area contributed by atoms with Gasteiger partial charge in [0.25, 0.3) is 0 Å². The van der Waals surface area contributed by atoms with Gasteiger partial charge in [-0.2, -0.15) is 0 Å². The van der Waals surface area contributed by atoms with Gasteiger partial charge in [0.1, 0.15) is 18.2 Å². The van der Waals surface area contributed by atoms with E-state index in [9.17, 15) is 4.39 Å². The summed E-state index contributed by atoms with van der Waals surface area (Å²) in [5.74, 6) is 0.301. The largest absolute Gasteiger partial charge is 0.492 e. The zero-order valence-electron chi connectivity index (χ0n) is 9.12. The van der Waals surface area contributed by atoms with Gasteiger partial charge in [-0.1, -0.05) is 0 Å². The number of morpholine rings is 1. The molecule has 0 saturated carbocycles. The van der Waals surface area contributed by atoms with Crippen LogP contribution in [0.2, 0.25) is 0 Å². The van der Waals surface area contributed by atoms with Crippen molar-refractivity contribution in [1.29, 1.82) is 0 Å². The predicted octanol–water partition coefficient (Wildman–Crippen LogP) is 1.34. The summed E-state index contributed by atoms with van der Waals surface area (Å²) in [7, 11) is 0. The molecule has 0 N–H and O–H groups in total. The van der Waals surface area contributed by atoms with Crippen LogP contribution in [-0.2, 0) is 4.74 Å². The number of nitrogens with zero attached hydrogens (tertiary/aromatic N) is 1. The average Bonchev–Trinajstić information content (AvgIpc) is 2.33. The first-order valence-electron chi connectivity index (χ1n) is 5.45. The molecule has 0 aromatic heterocycles. The van der Waals surface area contributed by atoms with Gasteiger partial charge in [-0.25, -0.2) is 4.39 Å². The topological polar surface area (TPSA) is 21.7 Å². The molecule has 1 fully saturated rings. The molecule has 4 heteroatoms. The van der Waals surface area contributed by atoms with Crippen molar-refractivity contribution >= 4 is 0 Å². The Balaban J connectivity index is 1.69. The van der Waals surface area contributed by atoms with Crippen molar-refractivity contribution in [2.24, 2.45) is 0 Å². The summed E-state index contributed by atoms with van der Waals surface area (Å²) >= 11 is 0. The van der Waals surface area contributed by atoms with Crippen LogP contribution in [0.15, 0.2) is 18.2 Å². The van der Waals surface area contributed by atoms with Crippen LogP contribution in [0.3, 0.4) is 0 Å². The highest BCUT2D eigenvalue weighted by Crippen LogP contribution is 2.10. The second-order valence-corrected chi connectivity index (χ2v) is 3.67. The summed E-state index contributed by atoms with van der Waals surface area (Å²) in [4.78, 5) is 2.28. The first-order chi connectivity index (χ1) is 7.84. The van der Waals surface area contributed by atoms with Crippen molar-refractivity contribution in [2.45, 2.75) is 0 Å². The molecule has 2 rings (SSSR count). The van der Waals surface area contributed by atoms with E-state index < -0.39 is 0 Å². The van der Waals surface area contributed by atoms with Crippen molar-refractivity contribution < 1.29 is 13.9 Å². The summed E-state index contributed by atoms with van der Waals surface area (Å²) < 4.78 is 23.3. The Hall–Kier alpha value is -1.13. The van der Waals surface area contributed by atoms with Gasteiger partial charge < -0.3 is 9.47 Å². The normalized spacial score (nSPS) is 17.3. The van der Waals surface area contributed by atoms with Crippen molar-refractivity contribution in [3.63, 3.8) is 0 Å². The minimum absolute atomic E-state index is 0.291. The summed E-state index contributed by atoms with van der Waals surface area (Å²) in [6.45, 7) is 4.97. The van der Waals surface area contributed by atoms with Gasteiger partial charge in [-0.15, -0.1) is 0 Å². The minimum atomic E-state index is -0.291. The third-order valence-electron chi connectivity index (χ3n) is 2.52. The smallest absolute Gasteiger partial charge is 0.127 e. The van der Waals surface area contributed by atoms with Crippen LogP contribution in [0.1, 0.15) is 0 Å². The molecule has 0 aliphatic carbocycles. The Morgan fingerprint density at radius 3 is 2.88 bits per heavy atom. The quantitative estimate of drug-likeness (QED) is 0.770. The first-order valence-corrected chi connectivity index (χ1v) is 5.45. The van der Waals surface area contributed by atoms with E-state index >= 15 is 0 Å². The van der Waals surface area contributed by atoms with Crippen LogP contribution in [0.25, 0.3) is 0 Å². The second kappa shape index (κ2) is 5.82. The van der Waals surface area contributed by atoms with E-state index in [0.29, 0.717) is 12.4 Å². The fraction of sp³-hybridized carbons (Fsp3) is 0.500. The Morgan fingerprint density at radius 1 is 1.38 bits per heavy atom. The van der Waals surface area contributed by atoms with Gasteiger partial charge in [0.05, 0.1) is 13.2 Å². The molecule has 1 aliphatic rings. The molecule has 3 nitrogen and oxygen atoms in total. The predicted molar refractivity (Wildman–Crippen MR) is 58.0 cm³/mol. The van der Waals surface area contributed by atoms with E-state index in [4.69, 9.17) is 9.47 Å². The number of ether oxygens (including phenoxy) is 2. The summed E-state index contributed by atoms with van der Waals surface area (Å²) in [6.07, 6.45) is 0. The van der Waals surface area contributed by atoms with Crippen LogP contribution in [0.4, 0.5) is 4.39 Å². The highest BCUT2D eigenvalue weighted by Gasteiger charge is 2.09. The van der Waals surface area contributed by atoms with Gasteiger partial charge in [0, 0.05) is 25.7 Å². The zero-order valence-corrected chi connectivity index (χ0v) is 9.12. The summed E-state index contributed by atoms with van der Waals surface area (Å²) in [5.41, 5.74) is 0. The van der Waals surface area contributed by atoms with Gasteiger partial charge in [-0.05, 0) is 18.2 Å². The molecule has 1 heterocycles. The molecule has 1 saturated heterocycles. The zero-order chi connectivity index (χ0) is 11.2. The number of halogens is 1. The number of hydrogen-bond acceptors (Lipinski definition) is 3. The average molecular weight is 224 g/mol. The monoisotopic (exact) mass is 224 g/mol. The number of hydrogen-bond donors (Lipinski definition) is 0. The summed E-state index contributed by atoms with van der Waals surface area (Å²) in [6, 6.07) is 6.98. The maximum absolute atomic E-state index is 12.6. The standard InChI is InChI=1S/C12H15FNO2/c13-11-1-3-12(4-2-11)16-10-7-14-5-8-15-9-6-14/h1-3H,5-10H2. The van der Waals surface area contributed by atoms with E-state index in [1.165, 1.54) is 12.1 Å². The molecule has 1 aliphatic heterocycles. The Bertz CT molecular complexity index is 309. The van der Waals surface area contributed by atoms with E-state index in [0.717, 1.165) is 32.8 Å². The van der Waals surface area contributed by atoms with Crippen molar-refractivity contribution in [2.75, 3.05) is 39.5 Å². The van der Waals surface area contributed by atoms with Crippen molar-refractivity contribution in [3.05, 3.63) is 30.1 Å². The van der Waals surface area contributed by atoms with E-state index in [-0.39, 0.29) is 5.82 Å². The minimum Gasteiger partial charge on any atom is -0.492 e. The molecule has 87 valence electrons. The first kappa shape index (κ1) is 11.4. The fourth-order valence-electron chi connectivity index (χ4n) is 1.59. The Morgan fingerprint density at radius 2 is 2.19 bits per heavy atom. The molecule has 0 unspecified atom stereocenters. The van der Waals surface area contributed by atoms with Crippen LogP contribution in [0, 0.1) is 11.9 Å². The van der Waals surface area contributed by atoms with Crippen LogP contribution in [0.5, 0.6) is 5.75 Å². The third-order valence-corrected chi connectivity index (χ3v) is 2.52. The lowest BCUT2D eigenvalue weighted by atomic mass is 10.3. The lowest BCUT2D eigenvalue weighted by molar-refractivity contribution is 0.0322. The second-order valence-electron chi connectivity index (χ2n) is 3.67. The maximum atomic E-state index is 12.6. The molecule has 1 aromatic carbocycles. The Labute approximate surface area is 94.8 Å². The van der Waals surface area contributed by atoms with Gasteiger partial charge in [0.2, 0.25) is 0 Å². The van der Waals surface area contributed by atoms with E-state index in [1.54, 1.807) is 6.07 Å². The molecule has 0 bridgehead atoms. The molecule has 16 heavy (non-hydrogen) atoms.